The molecule has 2 N–H and O–H groups in total. The van der Waals surface area contributed by atoms with Crippen molar-refractivity contribution >= 4 is 17.6 Å². The van der Waals surface area contributed by atoms with Gasteiger partial charge in [0.25, 0.3) is 5.56 Å². The molecule has 0 aliphatic carbocycles. The van der Waals surface area contributed by atoms with Crippen LogP contribution in [0.25, 0.3) is 11.4 Å². The quantitative estimate of drug-likeness (QED) is 0.455. The summed E-state index contributed by atoms with van der Waals surface area (Å²) < 4.78 is 10.6. The van der Waals surface area contributed by atoms with Crippen LogP contribution in [0.1, 0.15) is 51.8 Å². The normalized spacial score (nSPS) is 10.5. The Labute approximate surface area is 176 Å². The minimum atomic E-state index is -0.591. The highest BCUT2D eigenvalue weighted by molar-refractivity contribution is 6.02. The summed E-state index contributed by atoms with van der Waals surface area (Å²) in [4.78, 5) is 43.6. The molecule has 2 rings (SSSR count). The zero-order valence-electron chi connectivity index (χ0n) is 18.0. The topological polar surface area (TPSA) is 110 Å². The fourth-order valence-corrected chi connectivity index (χ4v) is 3.01. The van der Waals surface area contributed by atoms with E-state index in [0.717, 1.165) is 12.1 Å². The number of aromatic amines is 1. The number of benzene rings is 1. The molecule has 0 saturated heterocycles. The molecule has 0 atom stereocenters. The highest BCUT2D eigenvalue weighted by atomic mass is 16.5. The number of ether oxygens (including phenoxy) is 2. The standard InChI is InChI=1S/C22H29N3O5/c1-5-11-30-18-10-9-14(23-19(26)13-20(27)29-8-4)12-16(18)21-24-17(7-3)15(6-2)22(28)25-21/h9-10,12H,5-8,11,13H2,1-4H3,(H,23,26)(H,24,25,28). The van der Waals surface area contributed by atoms with Crippen molar-refractivity contribution in [2.75, 3.05) is 18.5 Å². The number of nitrogens with zero attached hydrogens (tertiary/aromatic N) is 1. The third-order valence-corrected chi connectivity index (χ3v) is 4.38. The van der Waals surface area contributed by atoms with Gasteiger partial charge in [0.1, 0.15) is 18.0 Å². The number of H-pyrrole nitrogens is 1. The Morgan fingerprint density at radius 3 is 2.53 bits per heavy atom. The van der Waals surface area contributed by atoms with Gasteiger partial charge in [-0.2, -0.15) is 0 Å². The molecule has 1 amide bonds. The van der Waals surface area contributed by atoms with Gasteiger partial charge in [-0.3, -0.25) is 14.4 Å². The average Bonchev–Trinajstić information content (AvgIpc) is 2.72. The molecule has 2 aromatic rings. The highest BCUT2D eigenvalue weighted by Gasteiger charge is 2.16. The van der Waals surface area contributed by atoms with E-state index in [0.29, 0.717) is 47.8 Å². The lowest BCUT2D eigenvalue weighted by molar-refractivity contribution is -0.145. The van der Waals surface area contributed by atoms with E-state index in [2.05, 4.69) is 15.3 Å². The largest absolute Gasteiger partial charge is 0.493 e. The van der Waals surface area contributed by atoms with E-state index < -0.39 is 11.9 Å². The first kappa shape index (κ1) is 23.1. The molecule has 0 fully saturated rings. The molecule has 0 aliphatic rings. The van der Waals surface area contributed by atoms with Crippen LogP contribution in [0.3, 0.4) is 0 Å². The van der Waals surface area contributed by atoms with Crippen molar-refractivity contribution < 1.29 is 19.1 Å². The average molecular weight is 415 g/mol. The number of rotatable bonds is 10. The van der Waals surface area contributed by atoms with Gasteiger partial charge in [0.15, 0.2) is 0 Å². The molecule has 0 radical (unpaired) electrons. The number of carbonyl (C=O) groups is 2. The third-order valence-electron chi connectivity index (χ3n) is 4.38. The number of nitrogens with one attached hydrogen (secondary N) is 2. The number of aryl methyl sites for hydroxylation is 1. The van der Waals surface area contributed by atoms with Crippen LogP contribution < -0.4 is 15.6 Å². The summed E-state index contributed by atoms with van der Waals surface area (Å²) in [7, 11) is 0. The van der Waals surface area contributed by atoms with Crippen LogP contribution in [0.2, 0.25) is 0 Å². The van der Waals surface area contributed by atoms with Gasteiger partial charge in [-0.1, -0.05) is 20.8 Å². The summed E-state index contributed by atoms with van der Waals surface area (Å²) in [5.41, 5.74) is 2.23. The maximum absolute atomic E-state index is 12.5. The smallest absolute Gasteiger partial charge is 0.315 e. The lowest BCUT2D eigenvalue weighted by Gasteiger charge is -2.14. The van der Waals surface area contributed by atoms with Crippen LogP contribution in [-0.2, 0) is 27.2 Å². The van der Waals surface area contributed by atoms with Gasteiger partial charge < -0.3 is 19.8 Å². The zero-order valence-corrected chi connectivity index (χ0v) is 18.0. The Bertz CT molecular complexity index is 952. The highest BCUT2D eigenvalue weighted by Crippen LogP contribution is 2.31. The summed E-state index contributed by atoms with van der Waals surface area (Å²) >= 11 is 0. The molecule has 0 unspecified atom stereocenters. The number of anilines is 1. The Balaban J connectivity index is 2.42. The molecule has 162 valence electrons. The number of amides is 1. The van der Waals surface area contributed by atoms with Crippen molar-refractivity contribution in [1.82, 2.24) is 9.97 Å². The molecule has 30 heavy (non-hydrogen) atoms. The molecule has 0 aliphatic heterocycles. The number of aromatic nitrogens is 2. The minimum Gasteiger partial charge on any atom is -0.493 e. The van der Waals surface area contributed by atoms with Crippen molar-refractivity contribution in [2.24, 2.45) is 0 Å². The number of carbonyl (C=O) groups excluding carboxylic acids is 2. The van der Waals surface area contributed by atoms with E-state index in [4.69, 9.17) is 9.47 Å². The van der Waals surface area contributed by atoms with Gasteiger partial charge >= 0.3 is 5.97 Å². The van der Waals surface area contributed by atoms with Crippen molar-refractivity contribution in [2.45, 2.75) is 53.4 Å². The summed E-state index contributed by atoms with van der Waals surface area (Å²) in [5, 5.41) is 2.68. The Morgan fingerprint density at radius 1 is 1.13 bits per heavy atom. The predicted molar refractivity (Wildman–Crippen MR) is 115 cm³/mol. The molecule has 0 bridgehead atoms. The molecule has 0 spiro atoms. The SMILES string of the molecule is CCCOc1ccc(NC(=O)CC(=O)OCC)cc1-c1nc(CC)c(CC)c(=O)[nH]1. The molecule has 8 heteroatoms. The Kier molecular flexibility index (Phi) is 8.58. The molecule has 1 aromatic heterocycles. The van der Waals surface area contributed by atoms with Gasteiger partial charge in [0.05, 0.1) is 24.5 Å². The fraction of sp³-hybridized carbons (Fsp3) is 0.455. The molecule has 1 heterocycles. The van der Waals surface area contributed by atoms with Crippen LogP contribution >= 0.6 is 0 Å². The summed E-state index contributed by atoms with van der Waals surface area (Å²) in [5.74, 6) is -0.151. The number of hydrogen-bond donors (Lipinski definition) is 2. The fourth-order valence-electron chi connectivity index (χ4n) is 3.01. The number of hydrogen-bond acceptors (Lipinski definition) is 6. The van der Waals surface area contributed by atoms with Crippen molar-refractivity contribution in [1.29, 1.82) is 0 Å². The van der Waals surface area contributed by atoms with Crippen LogP contribution in [0.15, 0.2) is 23.0 Å². The van der Waals surface area contributed by atoms with Crippen LogP contribution in [0.4, 0.5) is 5.69 Å². The van der Waals surface area contributed by atoms with Crippen molar-refractivity contribution in [3.05, 3.63) is 39.8 Å². The van der Waals surface area contributed by atoms with Crippen molar-refractivity contribution in [3.8, 4) is 17.1 Å². The lowest BCUT2D eigenvalue weighted by atomic mass is 10.1. The molecule has 8 nitrogen and oxygen atoms in total. The Morgan fingerprint density at radius 2 is 1.90 bits per heavy atom. The van der Waals surface area contributed by atoms with Gasteiger partial charge in [-0.05, 0) is 44.4 Å². The second-order valence-corrected chi connectivity index (χ2v) is 6.64. The minimum absolute atomic E-state index is 0.183. The molecular weight excluding hydrogens is 386 g/mol. The van der Waals surface area contributed by atoms with E-state index in [-0.39, 0.29) is 18.6 Å². The second kappa shape index (κ2) is 11.1. The third kappa shape index (κ3) is 5.92. The first-order chi connectivity index (χ1) is 14.4. The molecule has 0 saturated carbocycles. The van der Waals surface area contributed by atoms with E-state index in [1.165, 1.54) is 0 Å². The zero-order chi connectivity index (χ0) is 22.1. The van der Waals surface area contributed by atoms with Gasteiger partial charge in [-0.15, -0.1) is 0 Å². The van der Waals surface area contributed by atoms with E-state index in [1.54, 1.807) is 25.1 Å². The summed E-state index contributed by atoms with van der Waals surface area (Å²) in [6.45, 7) is 8.26. The van der Waals surface area contributed by atoms with E-state index >= 15 is 0 Å². The monoisotopic (exact) mass is 415 g/mol. The van der Waals surface area contributed by atoms with Crippen molar-refractivity contribution in [3.63, 3.8) is 0 Å². The molecule has 1 aromatic carbocycles. The maximum atomic E-state index is 12.5. The van der Waals surface area contributed by atoms with Crippen LogP contribution in [0.5, 0.6) is 5.75 Å². The van der Waals surface area contributed by atoms with Gasteiger partial charge in [0.2, 0.25) is 5.91 Å². The van der Waals surface area contributed by atoms with Crippen LogP contribution in [-0.4, -0.2) is 35.1 Å². The first-order valence-corrected chi connectivity index (χ1v) is 10.3. The van der Waals surface area contributed by atoms with E-state index in [1.807, 2.05) is 20.8 Å². The van der Waals surface area contributed by atoms with Gasteiger partial charge in [-0.25, -0.2) is 4.98 Å². The summed E-state index contributed by atoms with van der Waals surface area (Å²) in [6.07, 6.45) is 1.66. The second-order valence-electron chi connectivity index (χ2n) is 6.64. The first-order valence-electron chi connectivity index (χ1n) is 10.3. The van der Waals surface area contributed by atoms with Gasteiger partial charge in [0, 0.05) is 11.3 Å². The van der Waals surface area contributed by atoms with Crippen LogP contribution in [0, 0.1) is 0 Å². The number of esters is 1. The molecular formula is C22H29N3O5. The Hall–Kier alpha value is -3.16. The lowest BCUT2D eigenvalue weighted by Crippen LogP contribution is -2.19. The maximum Gasteiger partial charge on any atom is 0.315 e. The van der Waals surface area contributed by atoms with E-state index in [9.17, 15) is 14.4 Å². The summed E-state index contributed by atoms with van der Waals surface area (Å²) in [6, 6.07) is 5.07. The predicted octanol–water partition coefficient (Wildman–Crippen LogP) is 3.24.